The molecule has 0 spiro atoms. The van der Waals surface area contributed by atoms with Crippen molar-refractivity contribution in [1.82, 2.24) is 0 Å². The van der Waals surface area contributed by atoms with Crippen molar-refractivity contribution in [2.75, 3.05) is 11.9 Å². The quantitative estimate of drug-likeness (QED) is 0.180. The molecule has 0 atom stereocenters. The SMILES string of the molecule is CCOC(=O)c1c(-c2ccc(F)cc2)csc1NC(=O)c1ccc(C(=O)C(=O)c2ccccc2)cc1. The lowest BCUT2D eigenvalue weighted by atomic mass is 10.0. The molecule has 1 aromatic heterocycles. The van der Waals surface area contributed by atoms with Crippen LogP contribution < -0.4 is 5.32 Å². The third-order valence-corrected chi connectivity index (χ3v) is 6.20. The number of benzene rings is 3. The zero-order valence-corrected chi connectivity index (χ0v) is 19.9. The van der Waals surface area contributed by atoms with Crippen LogP contribution in [0.15, 0.2) is 84.2 Å². The lowest BCUT2D eigenvalue weighted by Gasteiger charge is -2.09. The molecule has 3 aromatic carbocycles. The van der Waals surface area contributed by atoms with Gasteiger partial charge in [-0.25, -0.2) is 9.18 Å². The van der Waals surface area contributed by atoms with Crippen molar-refractivity contribution >= 4 is 39.8 Å². The smallest absolute Gasteiger partial charge is 0.341 e. The number of ether oxygens (including phenoxy) is 1. The highest BCUT2D eigenvalue weighted by Crippen LogP contribution is 2.36. The van der Waals surface area contributed by atoms with Gasteiger partial charge in [0.05, 0.1) is 6.61 Å². The second-order valence-corrected chi connectivity index (χ2v) is 8.52. The first kappa shape index (κ1) is 24.7. The lowest BCUT2D eigenvalue weighted by molar-refractivity contribution is 0.0529. The van der Waals surface area contributed by atoms with Gasteiger partial charge < -0.3 is 10.1 Å². The Morgan fingerprint density at radius 3 is 2.00 bits per heavy atom. The van der Waals surface area contributed by atoms with Crippen LogP contribution in [0, 0.1) is 5.82 Å². The van der Waals surface area contributed by atoms with E-state index in [-0.39, 0.29) is 33.9 Å². The summed E-state index contributed by atoms with van der Waals surface area (Å²) in [6.45, 7) is 1.81. The van der Waals surface area contributed by atoms with Crippen LogP contribution in [0.1, 0.15) is 48.4 Å². The molecule has 36 heavy (non-hydrogen) atoms. The number of thiophene rings is 1. The molecular weight excluding hydrogens is 481 g/mol. The number of esters is 1. The Balaban J connectivity index is 1.56. The number of hydrogen-bond acceptors (Lipinski definition) is 6. The third kappa shape index (κ3) is 5.29. The van der Waals surface area contributed by atoms with Crippen LogP contribution in [0.2, 0.25) is 0 Å². The van der Waals surface area contributed by atoms with E-state index < -0.39 is 29.3 Å². The van der Waals surface area contributed by atoms with Crippen LogP contribution in [0.4, 0.5) is 9.39 Å². The second kappa shape index (κ2) is 10.9. The van der Waals surface area contributed by atoms with Gasteiger partial charge in [0, 0.05) is 27.6 Å². The standard InChI is InChI=1S/C28H20FNO5S/c1-2-35-28(34)23-22(17-12-14-21(29)15-13-17)16-36-27(23)30-26(33)20-10-8-19(9-11-20)25(32)24(31)18-6-4-3-5-7-18/h3-16H,2H2,1H3,(H,30,33). The first-order chi connectivity index (χ1) is 17.4. The van der Waals surface area contributed by atoms with Crippen LogP contribution in [0.5, 0.6) is 0 Å². The van der Waals surface area contributed by atoms with Gasteiger partial charge in [-0.2, -0.15) is 0 Å². The summed E-state index contributed by atoms with van der Waals surface area (Å²) in [5.74, 6) is -2.86. The maximum Gasteiger partial charge on any atom is 0.341 e. The predicted octanol–water partition coefficient (Wildman–Crippen LogP) is 6.05. The van der Waals surface area contributed by atoms with Crippen molar-refractivity contribution < 1.29 is 28.3 Å². The molecule has 0 saturated carbocycles. The van der Waals surface area contributed by atoms with Gasteiger partial charge in [-0.3, -0.25) is 14.4 Å². The molecule has 1 N–H and O–H groups in total. The number of amides is 1. The van der Waals surface area contributed by atoms with Gasteiger partial charge in [0.15, 0.2) is 0 Å². The molecule has 1 heterocycles. The van der Waals surface area contributed by atoms with E-state index in [0.29, 0.717) is 11.1 Å². The molecule has 0 saturated heterocycles. The number of carbonyl (C=O) groups is 4. The van der Waals surface area contributed by atoms with Crippen LogP contribution in [-0.4, -0.2) is 30.0 Å². The lowest BCUT2D eigenvalue weighted by Crippen LogP contribution is -2.16. The zero-order valence-electron chi connectivity index (χ0n) is 19.1. The molecule has 8 heteroatoms. The number of nitrogens with one attached hydrogen (secondary N) is 1. The summed E-state index contributed by atoms with van der Waals surface area (Å²) < 4.78 is 18.5. The monoisotopic (exact) mass is 501 g/mol. The highest BCUT2D eigenvalue weighted by atomic mass is 32.1. The average molecular weight is 502 g/mol. The summed E-state index contributed by atoms with van der Waals surface area (Å²) in [5.41, 5.74) is 1.94. The Morgan fingerprint density at radius 1 is 0.806 bits per heavy atom. The van der Waals surface area contributed by atoms with Gasteiger partial charge in [0.1, 0.15) is 16.4 Å². The summed E-state index contributed by atoms with van der Waals surface area (Å²) >= 11 is 1.14. The van der Waals surface area contributed by atoms with Gasteiger partial charge in [0.2, 0.25) is 11.6 Å². The molecule has 0 fully saturated rings. The van der Waals surface area contributed by atoms with Crippen LogP contribution in [-0.2, 0) is 4.74 Å². The summed E-state index contributed by atoms with van der Waals surface area (Å²) in [4.78, 5) is 50.6. The van der Waals surface area contributed by atoms with Crippen molar-refractivity contribution in [2.45, 2.75) is 6.92 Å². The topological polar surface area (TPSA) is 89.5 Å². The fraction of sp³-hybridized carbons (Fsp3) is 0.0714. The van der Waals surface area contributed by atoms with E-state index in [9.17, 15) is 23.6 Å². The molecule has 0 aliphatic carbocycles. The van der Waals surface area contributed by atoms with E-state index in [4.69, 9.17) is 4.74 Å². The van der Waals surface area contributed by atoms with Gasteiger partial charge in [0.25, 0.3) is 5.91 Å². The fourth-order valence-electron chi connectivity index (χ4n) is 3.50. The van der Waals surface area contributed by atoms with E-state index in [1.807, 2.05) is 0 Å². The van der Waals surface area contributed by atoms with Crippen molar-refractivity contribution in [2.24, 2.45) is 0 Å². The number of Topliss-reactive ketones (excluding diaryl/α,β-unsaturated/α-hetero) is 2. The van der Waals surface area contributed by atoms with E-state index in [0.717, 1.165) is 11.3 Å². The van der Waals surface area contributed by atoms with Gasteiger partial charge >= 0.3 is 5.97 Å². The summed E-state index contributed by atoms with van der Waals surface area (Å²) in [6.07, 6.45) is 0. The Labute approximate surface area is 210 Å². The molecule has 0 bridgehead atoms. The first-order valence-corrected chi connectivity index (χ1v) is 11.9. The van der Waals surface area contributed by atoms with E-state index in [2.05, 4.69) is 5.32 Å². The minimum atomic E-state index is -0.681. The number of carbonyl (C=O) groups excluding carboxylic acids is 4. The summed E-state index contributed by atoms with van der Waals surface area (Å²) in [7, 11) is 0. The molecule has 1 amide bonds. The summed E-state index contributed by atoms with van der Waals surface area (Å²) in [6, 6.07) is 19.5. The largest absolute Gasteiger partial charge is 0.462 e. The fourth-order valence-corrected chi connectivity index (χ4v) is 4.45. The Bertz CT molecular complexity index is 1430. The molecule has 0 unspecified atom stereocenters. The van der Waals surface area contributed by atoms with Gasteiger partial charge in [-0.1, -0.05) is 54.6 Å². The Hall–Kier alpha value is -4.43. The maximum absolute atomic E-state index is 13.4. The number of halogens is 1. The van der Waals surface area contributed by atoms with Crippen molar-refractivity contribution in [3.8, 4) is 11.1 Å². The summed E-state index contributed by atoms with van der Waals surface area (Å²) in [5, 5.41) is 4.68. The van der Waals surface area contributed by atoms with E-state index >= 15 is 0 Å². The molecule has 4 aromatic rings. The Morgan fingerprint density at radius 2 is 1.39 bits per heavy atom. The van der Waals surface area contributed by atoms with Crippen molar-refractivity contribution in [3.05, 3.63) is 112 Å². The van der Waals surface area contributed by atoms with Gasteiger partial charge in [-0.15, -0.1) is 11.3 Å². The molecule has 180 valence electrons. The minimum Gasteiger partial charge on any atom is -0.462 e. The number of hydrogen-bond donors (Lipinski definition) is 1. The number of ketones is 2. The van der Waals surface area contributed by atoms with E-state index in [1.54, 1.807) is 42.6 Å². The van der Waals surface area contributed by atoms with Crippen LogP contribution in [0.3, 0.4) is 0 Å². The normalized spacial score (nSPS) is 10.5. The minimum absolute atomic E-state index is 0.141. The molecule has 4 rings (SSSR count). The molecule has 0 aliphatic rings. The molecule has 6 nitrogen and oxygen atoms in total. The zero-order chi connectivity index (χ0) is 25.7. The highest BCUT2D eigenvalue weighted by Gasteiger charge is 2.24. The first-order valence-electron chi connectivity index (χ1n) is 11.0. The third-order valence-electron chi connectivity index (χ3n) is 5.30. The average Bonchev–Trinajstić information content (AvgIpc) is 3.32. The molecule has 0 radical (unpaired) electrons. The van der Waals surface area contributed by atoms with Crippen molar-refractivity contribution in [3.63, 3.8) is 0 Å². The van der Waals surface area contributed by atoms with Crippen LogP contribution in [0.25, 0.3) is 11.1 Å². The highest BCUT2D eigenvalue weighted by molar-refractivity contribution is 7.15. The van der Waals surface area contributed by atoms with Crippen LogP contribution >= 0.6 is 11.3 Å². The molecular formula is C28H20FNO5S. The number of rotatable bonds is 8. The Kier molecular flexibility index (Phi) is 7.46. The van der Waals surface area contributed by atoms with E-state index in [1.165, 1.54) is 48.5 Å². The predicted molar refractivity (Wildman–Crippen MR) is 135 cm³/mol. The molecule has 0 aliphatic heterocycles. The second-order valence-electron chi connectivity index (χ2n) is 7.64. The van der Waals surface area contributed by atoms with Gasteiger partial charge in [-0.05, 0) is 36.8 Å². The number of anilines is 1. The maximum atomic E-state index is 13.4. The van der Waals surface area contributed by atoms with Crippen molar-refractivity contribution in [1.29, 1.82) is 0 Å².